The Morgan fingerprint density at radius 2 is 2.16 bits per heavy atom. The molecule has 2 unspecified atom stereocenters. The predicted molar refractivity (Wildman–Crippen MR) is 86.2 cm³/mol. The number of likely N-dealkylation sites (tertiary alicyclic amines) is 1. The summed E-state index contributed by atoms with van der Waals surface area (Å²) in [5.41, 5.74) is 0.796. The average Bonchev–Trinajstić information content (AvgIpc) is 3.00. The van der Waals surface area contributed by atoms with Gasteiger partial charge in [0, 0.05) is 12.7 Å². The monoisotopic (exact) mass is 349 g/mol. The highest BCUT2D eigenvalue weighted by Crippen LogP contribution is 2.33. The standard InChI is InChI=1S/C17H17F2N3O3/c1-25-16-14(3-2-6-20-16)21-17(24)22-9-11(23)8-15(22)10-4-5-12(18)13(19)7-10/h2-7,11,15,23H,8-9H2,1H3,(H,21,24). The first-order chi connectivity index (χ1) is 12.0. The number of nitrogens with one attached hydrogen (secondary N) is 1. The number of β-amino-alcohol motifs (C(OH)–C–C–N with tert-alkyl or cyclic N) is 1. The molecule has 132 valence electrons. The lowest BCUT2D eigenvalue weighted by Crippen LogP contribution is -2.35. The average molecular weight is 349 g/mol. The van der Waals surface area contributed by atoms with Gasteiger partial charge in [-0.25, -0.2) is 18.6 Å². The molecule has 2 aromatic rings. The number of carbonyl (C=O) groups is 1. The Labute approximate surface area is 143 Å². The molecule has 1 aliphatic rings. The molecule has 0 radical (unpaired) electrons. The van der Waals surface area contributed by atoms with E-state index in [-0.39, 0.29) is 18.8 Å². The lowest BCUT2D eigenvalue weighted by Gasteiger charge is -2.25. The minimum absolute atomic E-state index is 0.0814. The molecule has 2 atom stereocenters. The van der Waals surface area contributed by atoms with Gasteiger partial charge in [0.2, 0.25) is 5.88 Å². The second-order valence-corrected chi connectivity index (χ2v) is 5.72. The molecule has 8 heteroatoms. The molecular weight excluding hydrogens is 332 g/mol. The van der Waals surface area contributed by atoms with E-state index in [1.54, 1.807) is 12.1 Å². The van der Waals surface area contributed by atoms with E-state index in [2.05, 4.69) is 10.3 Å². The van der Waals surface area contributed by atoms with Gasteiger partial charge >= 0.3 is 6.03 Å². The van der Waals surface area contributed by atoms with Crippen LogP contribution in [0.2, 0.25) is 0 Å². The molecule has 25 heavy (non-hydrogen) atoms. The van der Waals surface area contributed by atoms with Crippen LogP contribution in [0, 0.1) is 11.6 Å². The second kappa shape index (κ2) is 7.02. The number of hydrogen-bond acceptors (Lipinski definition) is 4. The number of halogens is 2. The molecule has 3 rings (SSSR count). The van der Waals surface area contributed by atoms with E-state index in [9.17, 15) is 18.7 Å². The van der Waals surface area contributed by atoms with E-state index >= 15 is 0 Å². The van der Waals surface area contributed by atoms with Crippen LogP contribution in [-0.4, -0.2) is 40.8 Å². The molecular formula is C17H17F2N3O3. The molecule has 0 bridgehead atoms. The number of aromatic nitrogens is 1. The van der Waals surface area contributed by atoms with Crippen LogP contribution >= 0.6 is 0 Å². The molecule has 2 heterocycles. The highest BCUT2D eigenvalue weighted by atomic mass is 19.2. The number of rotatable bonds is 3. The van der Waals surface area contributed by atoms with Crippen molar-refractivity contribution in [3.63, 3.8) is 0 Å². The Balaban J connectivity index is 1.83. The van der Waals surface area contributed by atoms with E-state index < -0.39 is 29.8 Å². The van der Waals surface area contributed by atoms with Gasteiger partial charge in [0.25, 0.3) is 0 Å². The summed E-state index contributed by atoms with van der Waals surface area (Å²) in [6, 6.07) is 5.68. The lowest BCUT2D eigenvalue weighted by atomic mass is 10.0. The van der Waals surface area contributed by atoms with Crippen LogP contribution in [0.5, 0.6) is 5.88 Å². The summed E-state index contributed by atoms with van der Waals surface area (Å²) < 4.78 is 31.8. The Kier molecular flexibility index (Phi) is 4.80. The topological polar surface area (TPSA) is 74.7 Å². The van der Waals surface area contributed by atoms with Crippen LogP contribution in [0.3, 0.4) is 0 Å². The summed E-state index contributed by atoms with van der Waals surface area (Å²) in [7, 11) is 1.43. The lowest BCUT2D eigenvalue weighted by molar-refractivity contribution is 0.175. The molecule has 1 aromatic carbocycles. The number of methoxy groups -OCH3 is 1. The Hall–Kier alpha value is -2.74. The number of hydrogen-bond donors (Lipinski definition) is 2. The van der Waals surface area contributed by atoms with Gasteiger partial charge in [-0.1, -0.05) is 6.07 Å². The number of anilines is 1. The van der Waals surface area contributed by atoms with Crippen molar-refractivity contribution in [3.05, 3.63) is 53.7 Å². The first-order valence-electron chi connectivity index (χ1n) is 7.69. The molecule has 2 N–H and O–H groups in total. The van der Waals surface area contributed by atoms with Crippen LogP contribution in [0.4, 0.5) is 19.3 Å². The molecule has 2 amide bonds. The first-order valence-corrected chi connectivity index (χ1v) is 7.69. The first kappa shape index (κ1) is 17.1. The van der Waals surface area contributed by atoms with Crippen molar-refractivity contribution >= 4 is 11.7 Å². The maximum Gasteiger partial charge on any atom is 0.322 e. The van der Waals surface area contributed by atoms with Crippen LogP contribution in [-0.2, 0) is 0 Å². The van der Waals surface area contributed by atoms with Crippen LogP contribution in [0.1, 0.15) is 18.0 Å². The van der Waals surface area contributed by atoms with Crippen LogP contribution < -0.4 is 10.1 Å². The fraction of sp³-hybridized carbons (Fsp3) is 0.294. The predicted octanol–water partition coefficient (Wildman–Crippen LogP) is 2.71. The van der Waals surface area contributed by atoms with E-state index in [1.165, 1.54) is 24.3 Å². The van der Waals surface area contributed by atoms with Gasteiger partial charge in [-0.3, -0.25) is 0 Å². The molecule has 0 saturated carbocycles. The maximum absolute atomic E-state index is 13.5. The third kappa shape index (κ3) is 3.53. The fourth-order valence-electron chi connectivity index (χ4n) is 2.91. The third-order valence-corrected chi connectivity index (χ3v) is 4.07. The van der Waals surface area contributed by atoms with Crippen molar-refractivity contribution < 1.29 is 23.4 Å². The number of aliphatic hydroxyl groups is 1. The summed E-state index contributed by atoms with van der Waals surface area (Å²) in [6.07, 6.45) is 1.01. The summed E-state index contributed by atoms with van der Waals surface area (Å²) >= 11 is 0. The van der Waals surface area contributed by atoms with E-state index in [4.69, 9.17) is 4.74 Å². The summed E-state index contributed by atoms with van der Waals surface area (Å²) in [6.45, 7) is 0.0814. The largest absolute Gasteiger partial charge is 0.480 e. The van der Waals surface area contributed by atoms with E-state index in [0.29, 0.717) is 11.3 Å². The molecule has 0 aliphatic carbocycles. The van der Waals surface area contributed by atoms with E-state index in [1.807, 2.05) is 0 Å². The minimum Gasteiger partial charge on any atom is -0.480 e. The normalized spacial score (nSPS) is 19.8. The van der Waals surface area contributed by atoms with Crippen molar-refractivity contribution in [1.82, 2.24) is 9.88 Å². The zero-order valence-corrected chi connectivity index (χ0v) is 13.4. The Morgan fingerprint density at radius 3 is 2.88 bits per heavy atom. The van der Waals surface area contributed by atoms with Gasteiger partial charge < -0.3 is 20.1 Å². The molecule has 0 spiro atoms. The number of nitrogens with zero attached hydrogens (tertiary/aromatic N) is 2. The van der Waals surface area contributed by atoms with Crippen molar-refractivity contribution in [3.8, 4) is 5.88 Å². The van der Waals surface area contributed by atoms with Crippen molar-refractivity contribution in [1.29, 1.82) is 0 Å². The second-order valence-electron chi connectivity index (χ2n) is 5.72. The van der Waals surface area contributed by atoms with Crippen LogP contribution in [0.15, 0.2) is 36.5 Å². The molecule has 1 aromatic heterocycles. The van der Waals surface area contributed by atoms with Crippen molar-refractivity contribution in [2.24, 2.45) is 0 Å². The van der Waals surface area contributed by atoms with Gasteiger partial charge in [0.15, 0.2) is 11.6 Å². The van der Waals surface area contributed by atoms with Crippen molar-refractivity contribution in [2.75, 3.05) is 19.0 Å². The van der Waals surface area contributed by atoms with Crippen molar-refractivity contribution in [2.45, 2.75) is 18.6 Å². The van der Waals surface area contributed by atoms with Crippen LogP contribution in [0.25, 0.3) is 0 Å². The zero-order valence-electron chi connectivity index (χ0n) is 13.4. The number of pyridine rings is 1. The number of benzene rings is 1. The Morgan fingerprint density at radius 1 is 1.36 bits per heavy atom. The SMILES string of the molecule is COc1ncccc1NC(=O)N1CC(O)CC1c1ccc(F)c(F)c1. The molecule has 1 saturated heterocycles. The highest BCUT2D eigenvalue weighted by Gasteiger charge is 2.36. The number of ether oxygens (including phenoxy) is 1. The van der Waals surface area contributed by atoms with Gasteiger partial charge in [-0.05, 0) is 36.2 Å². The quantitative estimate of drug-likeness (QED) is 0.893. The maximum atomic E-state index is 13.5. The minimum atomic E-state index is -0.992. The molecule has 1 fully saturated rings. The smallest absolute Gasteiger partial charge is 0.322 e. The Bertz CT molecular complexity index is 787. The summed E-state index contributed by atoms with van der Waals surface area (Å²) in [5.74, 6) is -1.70. The summed E-state index contributed by atoms with van der Waals surface area (Å²) in [4.78, 5) is 18.0. The highest BCUT2D eigenvalue weighted by molar-refractivity contribution is 5.91. The van der Waals surface area contributed by atoms with Gasteiger partial charge in [-0.2, -0.15) is 0 Å². The van der Waals surface area contributed by atoms with Gasteiger partial charge in [0.1, 0.15) is 5.69 Å². The molecule has 1 aliphatic heterocycles. The fourth-order valence-corrected chi connectivity index (χ4v) is 2.91. The van der Waals surface area contributed by atoms with Gasteiger partial charge in [-0.15, -0.1) is 0 Å². The molecule has 6 nitrogen and oxygen atoms in total. The number of carbonyl (C=O) groups excluding carboxylic acids is 1. The number of urea groups is 1. The van der Waals surface area contributed by atoms with E-state index in [0.717, 1.165) is 12.1 Å². The summed E-state index contributed by atoms with van der Waals surface area (Å²) in [5, 5.41) is 12.6. The number of aliphatic hydroxyl groups excluding tert-OH is 1. The zero-order chi connectivity index (χ0) is 18.0. The third-order valence-electron chi connectivity index (χ3n) is 4.07. The van der Waals surface area contributed by atoms with Gasteiger partial charge in [0.05, 0.1) is 19.3 Å². The number of amides is 2.